The molecule has 3 nitrogen and oxygen atoms in total. The van der Waals surface area contributed by atoms with Crippen LogP contribution in [0.3, 0.4) is 0 Å². The monoisotopic (exact) mass is 312 g/mol. The average molecular weight is 313 g/mol. The Balaban J connectivity index is 2.31. The minimum atomic E-state index is -1.88. The van der Waals surface area contributed by atoms with Crippen LogP contribution in [0.2, 0.25) is 18.1 Å². The van der Waals surface area contributed by atoms with Crippen LogP contribution in [0.4, 0.5) is 0 Å². The van der Waals surface area contributed by atoms with E-state index in [0.717, 1.165) is 18.4 Å². The normalized spacial score (nSPS) is 36.7. The molecule has 3 atom stereocenters. The van der Waals surface area contributed by atoms with Crippen LogP contribution < -0.4 is 0 Å². The summed E-state index contributed by atoms with van der Waals surface area (Å²) in [7, 11) is -1.88. The van der Waals surface area contributed by atoms with Crippen molar-refractivity contribution in [3.63, 3.8) is 0 Å². The first kappa shape index (κ1) is 17.2. The molecule has 0 radical (unpaired) electrons. The van der Waals surface area contributed by atoms with Crippen molar-refractivity contribution in [3.8, 4) is 0 Å². The van der Waals surface area contributed by atoms with E-state index < -0.39 is 14.1 Å². The fourth-order valence-corrected chi connectivity index (χ4v) is 4.54. The molecule has 1 saturated heterocycles. The maximum Gasteiger partial charge on any atom is 0.193 e. The first-order chi connectivity index (χ1) is 9.31. The van der Waals surface area contributed by atoms with Gasteiger partial charge in [0.1, 0.15) is 5.60 Å². The molecule has 21 heavy (non-hydrogen) atoms. The highest BCUT2D eigenvalue weighted by Crippen LogP contribution is 2.51. The zero-order chi connectivity index (χ0) is 16.3. The number of hydrogen-bond donors (Lipinski definition) is 0. The molecule has 1 heterocycles. The molecule has 0 aromatic heterocycles. The number of hydrogen-bond acceptors (Lipinski definition) is 3. The van der Waals surface area contributed by atoms with Crippen LogP contribution in [0.15, 0.2) is 12.2 Å². The Morgan fingerprint density at radius 1 is 1.29 bits per heavy atom. The zero-order valence-electron chi connectivity index (χ0n) is 15.0. The third-order valence-corrected chi connectivity index (χ3v) is 9.89. The van der Waals surface area contributed by atoms with Gasteiger partial charge in [-0.05, 0) is 57.3 Å². The Hall–Kier alpha value is -0.163. The van der Waals surface area contributed by atoms with Gasteiger partial charge in [0.05, 0.1) is 12.2 Å². The van der Waals surface area contributed by atoms with Crippen molar-refractivity contribution < 1.29 is 13.9 Å². The van der Waals surface area contributed by atoms with Gasteiger partial charge in [0.15, 0.2) is 14.1 Å². The SMILES string of the molecule is C=C1CC[C@]2(OC(C)(C)O[C@H]2C)[C@@H]1O[Si](C)(C)C(C)(C)C. The van der Waals surface area contributed by atoms with Gasteiger partial charge in [-0.1, -0.05) is 27.4 Å². The van der Waals surface area contributed by atoms with Gasteiger partial charge in [-0.2, -0.15) is 0 Å². The molecule has 1 aliphatic carbocycles. The van der Waals surface area contributed by atoms with Crippen molar-refractivity contribution in [2.24, 2.45) is 0 Å². The number of rotatable bonds is 2. The Morgan fingerprint density at radius 2 is 1.86 bits per heavy atom. The molecule has 1 spiro atoms. The van der Waals surface area contributed by atoms with Crippen molar-refractivity contribution in [1.29, 1.82) is 0 Å². The second kappa shape index (κ2) is 4.92. The average Bonchev–Trinajstić information content (AvgIpc) is 2.68. The van der Waals surface area contributed by atoms with Crippen molar-refractivity contribution in [2.75, 3.05) is 0 Å². The van der Waals surface area contributed by atoms with E-state index in [9.17, 15) is 0 Å². The second-order valence-corrected chi connectivity index (χ2v) is 13.4. The van der Waals surface area contributed by atoms with E-state index in [1.807, 2.05) is 13.8 Å². The van der Waals surface area contributed by atoms with Crippen LogP contribution in [-0.2, 0) is 13.9 Å². The van der Waals surface area contributed by atoms with Gasteiger partial charge < -0.3 is 13.9 Å². The van der Waals surface area contributed by atoms with Crippen LogP contribution in [-0.4, -0.2) is 31.9 Å². The summed E-state index contributed by atoms with van der Waals surface area (Å²) >= 11 is 0. The lowest BCUT2D eigenvalue weighted by Crippen LogP contribution is -2.54. The topological polar surface area (TPSA) is 27.7 Å². The van der Waals surface area contributed by atoms with E-state index in [-0.39, 0.29) is 22.8 Å². The first-order valence-corrected chi connectivity index (χ1v) is 11.0. The van der Waals surface area contributed by atoms with Crippen molar-refractivity contribution in [1.82, 2.24) is 0 Å². The van der Waals surface area contributed by atoms with Gasteiger partial charge in [0, 0.05) is 0 Å². The highest BCUT2D eigenvalue weighted by Gasteiger charge is 2.60. The quantitative estimate of drug-likeness (QED) is 0.549. The van der Waals surface area contributed by atoms with Gasteiger partial charge >= 0.3 is 0 Å². The summed E-state index contributed by atoms with van der Waals surface area (Å²) in [6, 6.07) is 0. The summed E-state index contributed by atoms with van der Waals surface area (Å²) in [5, 5.41) is 0.176. The summed E-state index contributed by atoms with van der Waals surface area (Å²) in [6.07, 6.45) is 1.88. The van der Waals surface area contributed by atoms with E-state index in [4.69, 9.17) is 13.9 Å². The highest BCUT2D eigenvalue weighted by atomic mass is 28.4. The van der Waals surface area contributed by atoms with E-state index >= 15 is 0 Å². The van der Waals surface area contributed by atoms with Crippen LogP contribution in [0.25, 0.3) is 0 Å². The molecule has 0 N–H and O–H groups in total. The minimum Gasteiger partial charge on any atom is -0.407 e. The predicted molar refractivity (Wildman–Crippen MR) is 88.9 cm³/mol. The van der Waals surface area contributed by atoms with Crippen LogP contribution in [0, 0.1) is 0 Å². The molecule has 1 saturated carbocycles. The summed E-state index contributed by atoms with van der Waals surface area (Å²) in [5.41, 5.74) is 0.795. The van der Waals surface area contributed by atoms with Gasteiger partial charge in [-0.15, -0.1) is 0 Å². The van der Waals surface area contributed by atoms with Gasteiger partial charge in [0.2, 0.25) is 0 Å². The van der Waals surface area contributed by atoms with Crippen molar-refractivity contribution in [2.45, 2.75) is 96.1 Å². The molecule has 2 rings (SSSR count). The second-order valence-electron chi connectivity index (χ2n) is 8.63. The van der Waals surface area contributed by atoms with Crippen molar-refractivity contribution >= 4 is 8.32 Å². The standard InChI is InChI=1S/C17H32O3Si/c1-12-10-11-17(13(2)18-16(6,7)20-17)14(12)19-21(8,9)15(3,4)5/h13-14H,1,10-11H2,2-9H3/t13-,14+,17+/m0/s1. The molecule has 2 fully saturated rings. The Kier molecular flexibility index (Phi) is 4.03. The predicted octanol–water partition coefficient (Wildman–Crippen LogP) is 4.64. The smallest absolute Gasteiger partial charge is 0.193 e. The zero-order valence-corrected chi connectivity index (χ0v) is 16.0. The maximum atomic E-state index is 6.71. The molecule has 0 aromatic rings. The van der Waals surface area contributed by atoms with Crippen LogP contribution in [0.5, 0.6) is 0 Å². The Bertz CT molecular complexity index is 436. The van der Waals surface area contributed by atoms with Crippen LogP contribution >= 0.6 is 0 Å². The lowest BCUT2D eigenvalue weighted by atomic mass is 9.93. The molecule has 1 aliphatic heterocycles. The van der Waals surface area contributed by atoms with Crippen LogP contribution in [0.1, 0.15) is 54.4 Å². The van der Waals surface area contributed by atoms with Gasteiger partial charge in [-0.25, -0.2) is 0 Å². The molecule has 0 aromatic carbocycles. The first-order valence-electron chi connectivity index (χ1n) is 8.04. The van der Waals surface area contributed by atoms with E-state index in [2.05, 4.69) is 47.4 Å². The fraction of sp³-hybridized carbons (Fsp3) is 0.882. The molecular weight excluding hydrogens is 280 g/mol. The van der Waals surface area contributed by atoms with E-state index in [1.165, 1.54) is 0 Å². The number of ether oxygens (including phenoxy) is 2. The fourth-order valence-electron chi connectivity index (χ4n) is 3.23. The summed E-state index contributed by atoms with van der Waals surface area (Å²) in [5.74, 6) is -0.543. The lowest BCUT2D eigenvalue weighted by molar-refractivity contribution is -0.174. The molecule has 0 unspecified atom stereocenters. The van der Waals surface area contributed by atoms with E-state index in [0.29, 0.717) is 0 Å². The van der Waals surface area contributed by atoms with Gasteiger partial charge in [0.25, 0.3) is 0 Å². The maximum absolute atomic E-state index is 6.71. The summed E-state index contributed by atoms with van der Waals surface area (Å²) < 4.78 is 19.1. The largest absolute Gasteiger partial charge is 0.407 e. The molecule has 0 amide bonds. The molecule has 2 aliphatic rings. The highest BCUT2D eigenvalue weighted by molar-refractivity contribution is 6.74. The Labute approximate surface area is 131 Å². The third kappa shape index (κ3) is 2.88. The molecule has 122 valence electrons. The molecular formula is C17H32O3Si. The molecule has 0 bridgehead atoms. The Morgan fingerprint density at radius 3 is 2.29 bits per heavy atom. The lowest BCUT2D eigenvalue weighted by Gasteiger charge is -2.43. The minimum absolute atomic E-state index is 0.0292. The summed E-state index contributed by atoms with van der Waals surface area (Å²) in [4.78, 5) is 0. The van der Waals surface area contributed by atoms with E-state index in [1.54, 1.807) is 0 Å². The summed E-state index contributed by atoms with van der Waals surface area (Å²) in [6.45, 7) is 21.7. The van der Waals surface area contributed by atoms with Crippen molar-refractivity contribution in [3.05, 3.63) is 12.2 Å². The molecule has 4 heteroatoms. The third-order valence-electron chi connectivity index (χ3n) is 5.45. The van der Waals surface area contributed by atoms with Gasteiger partial charge in [-0.3, -0.25) is 0 Å².